The molecule has 1 aromatic carbocycles. The van der Waals surface area contributed by atoms with Crippen LogP contribution >= 0.6 is 0 Å². The number of amides is 1. The van der Waals surface area contributed by atoms with E-state index in [4.69, 9.17) is 5.11 Å². The van der Waals surface area contributed by atoms with Crippen LogP contribution in [-0.2, 0) is 16.0 Å². The Hall–Kier alpha value is -1.88. The van der Waals surface area contributed by atoms with Gasteiger partial charge in [-0.3, -0.25) is 14.5 Å². The number of rotatable bonds is 5. The number of anilines is 1. The molecule has 108 valence electrons. The monoisotopic (exact) mass is 276 g/mol. The van der Waals surface area contributed by atoms with Gasteiger partial charge in [-0.25, -0.2) is 0 Å². The largest absolute Gasteiger partial charge is 0.480 e. The summed E-state index contributed by atoms with van der Waals surface area (Å²) in [5.74, 6) is -0.997. The number of hydrogen-bond acceptors (Lipinski definition) is 3. The van der Waals surface area contributed by atoms with E-state index in [1.807, 2.05) is 31.2 Å². The number of carboxylic acid groups (broad SMARTS) is 1. The van der Waals surface area contributed by atoms with E-state index in [-0.39, 0.29) is 12.5 Å². The third kappa shape index (κ3) is 3.36. The molecule has 1 heterocycles. The highest BCUT2D eigenvalue weighted by Crippen LogP contribution is 2.18. The first-order valence-corrected chi connectivity index (χ1v) is 6.96. The Morgan fingerprint density at radius 1 is 1.40 bits per heavy atom. The predicted molar refractivity (Wildman–Crippen MR) is 76.7 cm³/mol. The first-order valence-electron chi connectivity index (χ1n) is 6.96. The molecule has 2 N–H and O–H groups in total. The topological polar surface area (TPSA) is 69.6 Å². The van der Waals surface area contributed by atoms with E-state index in [1.165, 1.54) is 0 Å². The third-order valence-electron chi connectivity index (χ3n) is 3.67. The lowest BCUT2D eigenvalue weighted by molar-refractivity contribution is -0.142. The number of hydrogen-bond donors (Lipinski definition) is 2. The molecule has 0 aliphatic carbocycles. The van der Waals surface area contributed by atoms with Crippen molar-refractivity contribution in [1.29, 1.82) is 0 Å². The van der Waals surface area contributed by atoms with Gasteiger partial charge in [0, 0.05) is 5.69 Å². The van der Waals surface area contributed by atoms with Gasteiger partial charge in [0.25, 0.3) is 0 Å². The number of likely N-dealkylation sites (tertiary alicyclic amines) is 1. The SMILES string of the molecule is CCc1ccccc1NC(=O)CN1CCCC1C(=O)O. The van der Waals surface area contributed by atoms with Crippen molar-refractivity contribution in [3.05, 3.63) is 29.8 Å². The number of nitrogens with zero attached hydrogens (tertiary/aromatic N) is 1. The van der Waals surface area contributed by atoms with Crippen LogP contribution in [0.5, 0.6) is 0 Å². The van der Waals surface area contributed by atoms with E-state index in [1.54, 1.807) is 4.90 Å². The summed E-state index contributed by atoms with van der Waals surface area (Å²) in [6.07, 6.45) is 2.29. The molecule has 1 aliphatic heterocycles. The molecule has 1 atom stereocenters. The molecule has 0 spiro atoms. The lowest BCUT2D eigenvalue weighted by atomic mass is 10.1. The normalized spacial score (nSPS) is 18.9. The summed E-state index contributed by atoms with van der Waals surface area (Å²) >= 11 is 0. The molecule has 1 unspecified atom stereocenters. The van der Waals surface area contributed by atoms with Crippen LogP contribution in [0, 0.1) is 0 Å². The third-order valence-corrected chi connectivity index (χ3v) is 3.67. The van der Waals surface area contributed by atoms with Crippen molar-refractivity contribution in [2.45, 2.75) is 32.2 Å². The number of carboxylic acids is 1. The van der Waals surface area contributed by atoms with E-state index in [2.05, 4.69) is 5.32 Å². The second-order valence-corrected chi connectivity index (χ2v) is 5.03. The maximum atomic E-state index is 12.1. The Morgan fingerprint density at radius 3 is 2.85 bits per heavy atom. The molecule has 1 aromatic rings. The molecule has 0 aromatic heterocycles. The summed E-state index contributed by atoms with van der Waals surface area (Å²) in [5.41, 5.74) is 1.89. The van der Waals surface area contributed by atoms with Crippen LogP contribution in [-0.4, -0.2) is 41.0 Å². The molecular formula is C15H20N2O3. The van der Waals surface area contributed by atoms with Gasteiger partial charge in [-0.1, -0.05) is 25.1 Å². The van der Waals surface area contributed by atoms with Crippen molar-refractivity contribution in [1.82, 2.24) is 4.90 Å². The van der Waals surface area contributed by atoms with Crippen molar-refractivity contribution < 1.29 is 14.7 Å². The lowest BCUT2D eigenvalue weighted by Gasteiger charge is -2.20. The Morgan fingerprint density at radius 2 is 2.15 bits per heavy atom. The molecular weight excluding hydrogens is 256 g/mol. The minimum absolute atomic E-state index is 0.134. The molecule has 1 aliphatic rings. The smallest absolute Gasteiger partial charge is 0.320 e. The number of aryl methyl sites for hydroxylation is 1. The van der Waals surface area contributed by atoms with Gasteiger partial charge in [0.15, 0.2) is 0 Å². The fourth-order valence-electron chi connectivity index (χ4n) is 2.62. The molecule has 0 bridgehead atoms. The number of carbonyl (C=O) groups is 2. The zero-order valence-corrected chi connectivity index (χ0v) is 11.6. The van der Waals surface area contributed by atoms with E-state index in [0.717, 1.165) is 24.1 Å². The van der Waals surface area contributed by atoms with Gasteiger partial charge in [0.05, 0.1) is 6.54 Å². The Bertz CT molecular complexity index is 502. The molecule has 1 saturated heterocycles. The number of para-hydroxylation sites is 1. The first kappa shape index (κ1) is 14.5. The fourth-order valence-corrected chi connectivity index (χ4v) is 2.62. The molecule has 2 rings (SSSR count). The Balaban J connectivity index is 1.97. The maximum Gasteiger partial charge on any atom is 0.320 e. The Labute approximate surface area is 118 Å². The average Bonchev–Trinajstić information content (AvgIpc) is 2.87. The molecule has 0 saturated carbocycles. The Kier molecular flexibility index (Phi) is 4.74. The van der Waals surface area contributed by atoms with Gasteiger partial charge in [-0.15, -0.1) is 0 Å². The van der Waals surface area contributed by atoms with Gasteiger partial charge in [0.2, 0.25) is 5.91 Å². The van der Waals surface area contributed by atoms with Gasteiger partial charge in [-0.05, 0) is 37.4 Å². The van der Waals surface area contributed by atoms with Gasteiger partial charge < -0.3 is 10.4 Å². The van der Waals surface area contributed by atoms with Crippen molar-refractivity contribution >= 4 is 17.6 Å². The minimum Gasteiger partial charge on any atom is -0.480 e. The summed E-state index contributed by atoms with van der Waals surface area (Å²) in [7, 11) is 0. The highest BCUT2D eigenvalue weighted by Gasteiger charge is 2.31. The highest BCUT2D eigenvalue weighted by atomic mass is 16.4. The quantitative estimate of drug-likeness (QED) is 0.859. The predicted octanol–water partition coefficient (Wildman–Crippen LogP) is 1.74. The van der Waals surface area contributed by atoms with Gasteiger partial charge in [-0.2, -0.15) is 0 Å². The van der Waals surface area contributed by atoms with E-state index < -0.39 is 12.0 Å². The fraction of sp³-hybridized carbons (Fsp3) is 0.467. The van der Waals surface area contributed by atoms with Gasteiger partial charge in [0.1, 0.15) is 6.04 Å². The molecule has 1 fully saturated rings. The summed E-state index contributed by atoms with van der Waals surface area (Å²) < 4.78 is 0. The van der Waals surface area contributed by atoms with Crippen LogP contribution in [0.1, 0.15) is 25.3 Å². The van der Waals surface area contributed by atoms with Crippen LogP contribution in [0.3, 0.4) is 0 Å². The van der Waals surface area contributed by atoms with E-state index in [0.29, 0.717) is 13.0 Å². The molecule has 0 radical (unpaired) electrons. The number of aliphatic carboxylic acids is 1. The van der Waals surface area contributed by atoms with Crippen LogP contribution < -0.4 is 5.32 Å². The van der Waals surface area contributed by atoms with E-state index in [9.17, 15) is 9.59 Å². The second-order valence-electron chi connectivity index (χ2n) is 5.03. The van der Waals surface area contributed by atoms with Crippen LogP contribution in [0.15, 0.2) is 24.3 Å². The maximum absolute atomic E-state index is 12.1. The number of benzene rings is 1. The van der Waals surface area contributed by atoms with E-state index >= 15 is 0 Å². The number of carbonyl (C=O) groups excluding carboxylic acids is 1. The van der Waals surface area contributed by atoms with Crippen molar-refractivity contribution in [3.8, 4) is 0 Å². The molecule has 1 amide bonds. The lowest BCUT2D eigenvalue weighted by Crippen LogP contribution is -2.41. The van der Waals surface area contributed by atoms with Crippen molar-refractivity contribution in [2.75, 3.05) is 18.4 Å². The molecule has 5 heteroatoms. The second kappa shape index (κ2) is 6.52. The van der Waals surface area contributed by atoms with Crippen LogP contribution in [0.25, 0.3) is 0 Å². The zero-order chi connectivity index (χ0) is 14.5. The first-order chi connectivity index (χ1) is 9.61. The average molecular weight is 276 g/mol. The van der Waals surface area contributed by atoms with Gasteiger partial charge >= 0.3 is 5.97 Å². The molecule has 5 nitrogen and oxygen atoms in total. The van der Waals surface area contributed by atoms with Crippen LogP contribution in [0.2, 0.25) is 0 Å². The van der Waals surface area contributed by atoms with Crippen LogP contribution in [0.4, 0.5) is 5.69 Å². The minimum atomic E-state index is -0.843. The standard InChI is InChI=1S/C15H20N2O3/c1-2-11-6-3-4-7-12(11)16-14(18)10-17-9-5-8-13(17)15(19)20/h3-4,6-7,13H,2,5,8-10H2,1H3,(H,16,18)(H,19,20). The highest BCUT2D eigenvalue weighted by molar-refractivity contribution is 5.93. The summed E-state index contributed by atoms with van der Waals surface area (Å²) in [4.78, 5) is 24.9. The van der Waals surface area contributed by atoms with Crippen molar-refractivity contribution in [2.24, 2.45) is 0 Å². The summed E-state index contributed by atoms with van der Waals surface area (Å²) in [6.45, 7) is 2.83. The molecule has 20 heavy (non-hydrogen) atoms. The zero-order valence-electron chi connectivity index (χ0n) is 11.6. The van der Waals surface area contributed by atoms with Crippen molar-refractivity contribution in [3.63, 3.8) is 0 Å². The number of nitrogens with one attached hydrogen (secondary N) is 1. The summed E-state index contributed by atoms with van der Waals surface area (Å²) in [5, 5.41) is 12.0. The summed E-state index contributed by atoms with van der Waals surface area (Å²) in [6, 6.07) is 7.14.